The van der Waals surface area contributed by atoms with Crippen LogP contribution in [0.3, 0.4) is 0 Å². The normalized spacial score (nSPS) is 22.5. The van der Waals surface area contributed by atoms with Crippen molar-refractivity contribution < 1.29 is 13.9 Å². The summed E-state index contributed by atoms with van der Waals surface area (Å²) in [6, 6.07) is 4.50. The molecule has 0 aliphatic carbocycles. The Labute approximate surface area is 144 Å². The first-order chi connectivity index (χ1) is 11.5. The van der Waals surface area contributed by atoms with Crippen molar-refractivity contribution in [2.45, 2.75) is 12.3 Å². The van der Waals surface area contributed by atoms with Gasteiger partial charge in [-0.15, -0.1) is 0 Å². The van der Waals surface area contributed by atoms with Crippen LogP contribution in [-0.2, 0) is 16.6 Å². The number of cyclic esters (lactones) is 1. The summed E-state index contributed by atoms with van der Waals surface area (Å²) in [5.41, 5.74) is 1.46. The number of hydrogen-bond donors (Lipinski definition) is 1. The van der Waals surface area contributed by atoms with E-state index in [0.717, 1.165) is 0 Å². The number of carbonyl (C=O) groups excluding carboxylic acids is 1. The summed E-state index contributed by atoms with van der Waals surface area (Å²) >= 11 is 3.17. The highest BCUT2D eigenvalue weighted by Gasteiger charge is 2.44. The maximum Gasteiger partial charge on any atom is 0.315 e. The van der Waals surface area contributed by atoms with Gasteiger partial charge in [0.1, 0.15) is 11.7 Å². The van der Waals surface area contributed by atoms with Crippen molar-refractivity contribution in [2.24, 2.45) is 18.0 Å². The van der Waals surface area contributed by atoms with E-state index in [-0.39, 0.29) is 16.6 Å². The summed E-state index contributed by atoms with van der Waals surface area (Å²) in [5.74, 6) is -1.52. The molecule has 0 spiro atoms. The standard InChI is InChI=1S/C16H13BrFN3O3/c1-21-14-13(15(22)20-21)11(7-2-3-9(18)8(17)6-7)12-10(19-14)4-5-24-16(12)23/h2-3,6,11-12H,4-5H2,1H3,(H,20,22). The molecule has 1 N–H and O–H groups in total. The van der Waals surface area contributed by atoms with Crippen LogP contribution in [0.1, 0.15) is 23.5 Å². The van der Waals surface area contributed by atoms with Gasteiger partial charge in [0.05, 0.1) is 16.6 Å². The lowest BCUT2D eigenvalue weighted by atomic mass is 9.75. The van der Waals surface area contributed by atoms with Crippen LogP contribution in [0.25, 0.3) is 0 Å². The van der Waals surface area contributed by atoms with Gasteiger partial charge in [0.15, 0.2) is 5.82 Å². The van der Waals surface area contributed by atoms with Crippen molar-refractivity contribution in [2.75, 3.05) is 6.61 Å². The quantitative estimate of drug-likeness (QED) is 0.755. The number of nitrogens with one attached hydrogen (secondary N) is 1. The maximum atomic E-state index is 13.6. The van der Waals surface area contributed by atoms with E-state index >= 15 is 0 Å². The molecule has 1 saturated heterocycles. The van der Waals surface area contributed by atoms with Crippen LogP contribution < -0.4 is 5.56 Å². The summed E-state index contributed by atoms with van der Waals surface area (Å²) in [4.78, 5) is 29.3. The van der Waals surface area contributed by atoms with Crippen molar-refractivity contribution in [3.05, 3.63) is 50.0 Å². The second-order valence-electron chi connectivity index (χ2n) is 5.89. The molecule has 24 heavy (non-hydrogen) atoms. The van der Waals surface area contributed by atoms with E-state index in [1.165, 1.54) is 6.07 Å². The predicted molar refractivity (Wildman–Crippen MR) is 88.1 cm³/mol. The van der Waals surface area contributed by atoms with Crippen LogP contribution in [-0.4, -0.2) is 28.1 Å². The lowest BCUT2D eigenvalue weighted by molar-refractivity contribution is -0.147. The van der Waals surface area contributed by atoms with Gasteiger partial charge in [-0.3, -0.25) is 19.4 Å². The number of ether oxygens (including phenoxy) is 1. The van der Waals surface area contributed by atoms with E-state index in [2.05, 4.69) is 26.0 Å². The molecule has 2 aromatic rings. The van der Waals surface area contributed by atoms with Gasteiger partial charge in [-0.25, -0.2) is 9.38 Å². The van der Waals surface area contributed by atoms with Gasteiger partial charge in [0, 0.05) is 25.1 Å². The summed E-state index contributed by atoms with van der Waals surface area (Å²) in [6.07, 6.45) is 0.522. The molecule has 0 saturated carbocycles. The zero-order chi connectivity index (χ0) is 17.0. The van der Waals surface area contributed by atoms with Gasteiger partial charge in [-0.05, 0) is 33.6 Å². The Balaban J connectivity index is 1.98. The molecule has 0 bridgehead atoms. The number of H-pyrrole nitrogens is 1. The number of aryl methyl sites for hydroxylation is 1. The zero-order valence-electron chi connectivity index (χ0n) is 12.7. The van der Waals surface area contributed by atoms with Crippen molar-refractivity contribution in [1.29, 1.82) is 0 Å². The molecule has 124 valence electrons. The predicted octanol–water partition coefficient (Wildman–Crippen LogP) is 2.40. The topological polar surface area (TPSA) is 76.4 Å². The van der Waals surface area contributed by atoms with Gasteiger partial charge >= 0.3 is 5.97 Å². The minimum Gasteiger partial charge on any atom is -0.465 e. The number of esters is 1. The fourth-order valence-corrected chi connectivity index (χ4v) is 3.82. The third-order valence-electron chi connectivity index (χ3n) is 4.48. The van der Waals surface area contributed by atoms with E-state index in [1.807, 2.05) is 0 Å². The fourth-order valence-electron chi connectivity index (χ4n) is 3.42. The first-order valence-corrected chi connectivity index (χ1v) is 8.24. The molecular weight excluding hydrogens is 381 g/mol. The first-order valence-electron chi connectivity index (χ1n) is 7.45. The largest absolute Gasteiger partial charge is 0.465 e. The molecular formula is C16H13BrFN3O3. The summed E-state index contributed by atoms with van der Waals surface area (Å²) < 4.78 is 20.6. The zero-order valence-corrected chi connectivity index (χ0v) is 14.3. The second kappa shape index (κ2) is 5.41. The summed E-state index contributed by atoms with van der Waals surface area (Å²) in [5, 5.41) is 2.68. The van der Waals surface area contributed by atoms with Crippen LogP contribution >= 0.6 is 15.9 Å². The van der Waals surface area contributed by atoms with Crippen molar-refractivity contribution in [1.82, 2.24) is 9.78 Å². The van der Waals surface area contributed by atoms with Crippen molar-refractivity contribution in [3.8, 4) is 0 Å². The molecule has 1 aromatic carbocycles. The maximum absolute atomic E-state index is 13.6. The molecule has 2 atom stereocenters. The minimum atomic E-state index is -0.660. The van der Waals surface area contributed by atoms with E-state index in [4.69, 9.17) is 4.74 Å². The van der Waals surface area contributed by atoms with E-state index < -0.39 is 23.6 Å². The highest BCUT2D eigenvalue weighted by molar-refractivity contribution is 9.10. The van der Waals surface area contributed by atoms with Gasteiger partial charge in [0.25, 0.3) is 5.56 Å². The number of fused-ring (bicyclic) bond motifs is 2. The van der Waals surface area contributed by atoms with Crippen LogP contribution in [0.5, 0.6) is 0 Å². The Kier molecular flexibility index (Phi) is 3.45. The third-order valence-corrected chi connectivity index (χ3v) is 5.09. The average Bonchev–Trinajstić information content (AvgIpc) is 2.83. The highest BCUT2D eigenvalue weighted by atomic mass is 79.9. The SMILES string of the molecule is Cn1[nH]c(=O)c2c1N=C1CCOC(=O)C1C2c1ccc(F)c(Br)c1. The number of halogens is 2. The number of aliphatic imine (C=N–C) groups is 1. The van der Waals surface area contributed by atoms with Crippen LogP contribution in [0, 0.1) is 11.7 Å². The molecule has 2 aliphatic heterocycles. The molecule has 2 aliphatic rings. The average molecular weight is 394 g/mol. The molecule has 0 radical (unpaired) electrons. The van der Waals surface area contributed by atoms with Crippen LogP contribution in [0.4, 0.5) is 10.2 Å². The monoisotopic (exact) mass is 393 g/mol. The lowest BCUT2D eigenvalue weighted by Gasteiger charge is -2.33. The molecule has 1 fully saturated rings. The second-order valence-corrected chi connectivity index (χ2v) is 6.74. The number of carbonyl (C=O) groups is 1. The van der Waals surface area contributed by atoms with Gasteiger partial charge in [-0.2, -0.15) is 0 Å². The molecule has 6 nitrogen and oxygen atoms in total. The number of nitrogens with zero attached hydrogens (tertiary/aromatic N) is 2. The Morgan fingerprint density at radius 1 is 1.38 bits per heavy atom. The van der Waals surface area contributed by atoms with Gasteiger partial charge in [-0.1, -0.05) is 6.07 Å². The van der Waals surface area contributed by atoms with Crippen LogP contribution in [0.2, 0.25) is 0 Å². The van der Waals surface area contributed by atoms with Gasteiger partial charge < -0.3 is 4.74 Å². The third kappa shape index (κ3) is 2.16. The number of aromatic amines is 1. The van der Waals surface area contributed by atoms with E-state index in [0.29, 0.717) is 29.1 Å². The highest BCUT2D eigenvalue weighted by Crippen LogP contribution is 2.43. The van der Waals surface area contributed by atoms with E-state index in [9.17, 15) is 14.0 Å². The Morgan fingerprint density at radius 3 is 2.92 bits per heavy atom. The smallest absolute Gasteiger partial charge is 0.315 e. The Bertz CT molecular complexity index is 947. The van der Waals surface area contributed by atoms with Gasteiger partial charge in [0.2, 0.25) is 0 Å². The molecule has 0 amide bonds. The van der Waals surface area contributed by atoms with Crippen LogP contribution in [0.15, 0.2) is 32.5 Å². The molecule has 3 heterocycles. The van der Waals surface area contributed by atoms with E-state index in [1.54, 1.807) is 23.9 Å². The number of benzene rings is 1. The number of rotatable bonds is 1. The molecule has 8 heteroatoms. The Morgan fingerprint density at radius 2 is 2.17 bits per heavy atom. The summed E-state index contributed by atoms with van der Waals surface area (Å²) in [6.45, 7) is 0.279. The molecule has 1 aromatic heterocycles. The molecule has 4 rings (SSSR count). The first kappa shape index (κ1) is 15.3. The molecule has 2 unspecified atom stereocenters. The lowest BCUT2D eigenvalue weighted by Crippen LogP contribution is -2.40. The number of aromatic nitrogens is 2. The van der Waals surface area contributed by atoms with Crippen molar-refractivity contribution >= 4 is 33.4 Å². The fraction of sp³-hybridized carbons (Fsp3) is 0.312. The minimum absolute atomic E-state index is 0.279. The summed E-state index contributed by atoms with van der Waals surface area (Å²) in [7, 11) is 1.70. The number of hydrogen-bond acceptors (Lipinski definition) is 4. The van der Waals surface area contributed by atoms with Crippen molar-refractivity contribution in [3.63, 3.8) is 0 Å². The Hall–Kier alpha value is -2.22.